The van der Waals surface area contributed by atoms with Crippen molar-refractivity contribution in [2.75, 3.05) is 26.7 Å². The van der Waals surface area contributed by atoms with Gasteiger partial charge in [0, 0.05) is 23.0 Å². The molecule has 1 unspecified atom stereocenters. The highest BCUT2D eigenvalue weighted by Crippen LogP contribution is 2.26. The molecule has 154 valence electrons. The molecule has 0 spiro atoms. The molecule has 1 aliphatic rings. The van der Waals surface area contributed by atoms with Crippen LogP contribution in [0.4, 0.5) is 4.39 Å². The van der Waals surface area contributed by atoms with Crippen molar-refractivity contribution in [3.63, 3.8) is 0 Å². The molecule has 3 aromatic rings. The van der Waals surface area contributed by atoms with E-state index in [2.05, 4.69) is 33.0 Å². The van der Waals surface area contributed by atoms with E-state index in [1.54, 1.807) is 13.0 Å². The maximum Gasteiger partial charge on any atom is 0.140 e. The Balaban J connectivity index is 1.44. The van der Waals surface area contributed by atoms with Gasteiger partial charge in [0.2, 0.25) is 0 Å². The standard InChI is InChI=1S/C23H30FN5/c1-15-20(24)5-6-21-22(15)28-23(27-21)18-3-4-19(26-14-18)12-17(13-25)11-16-7-9-29(2)10-8-16/h3-6,14,16-17H,7-13,25H2,1-2H3,(H,27,28). The van der Waals surface area contributed by atoms with Gasteiger partial charge >= 0.3 is 0 Å². The first-order valence-electron chi connectivity index (χ1n) is 10.5. The fraction of sp³-hybridized carbons (Fsp3) is 0.478. The number of nitrogens with zero attached hydrogens (tertiary/aromatic N) is 3. The maximum atomic E-state index is 13.8. The number of benzene rings is 1. The summed E-state index contributed by atoms with van der Waals surface area (Å²) >= 11 is 0. The molecule has 5 nitrogen and oxygen atoms in total. The Morgan fingerprint density at radius 3 is 2.72 bits per heavy atom. The van der Waals surface area contributed by atoms with Crippen molar-refractivity contribution < 1.29 is 4.39 Å². The minimum absolute atomic E-state index is 0.235. The van der Waals surface area contributed by atoms with Gasteiger partial charge in [-0.3, -0.25) is 4.98 Å². The number of aromatic nitrogens is 3. The third-order valence-corrected chi connectivity index (χ3v) is 6.28. The minimum atomic E-state index is -0.235. The Morgan fingerprint density at radius 2 is 2.03 bits per heavy atom. The molecular formula is C23H30FN5. The number of hydrogen-bond donors (Lipinski definition) is 2. The van der Waals surface area contributed by atoms with E-state index < -0.39 is 0 Å². The lowest BCUT2D eigenvalue weighted by atomic mass is 9.85. The Kier molecular flexibility index (Phi) is 5.92. The lowest BCUT2D eigenvalue weighted by Crippen LogP contribution is -2.32. The van der Waals surface area contributed by atoms with Gasteiger partial charge < -0.3 is 15.6 Å². The van der Waals surface area contributed by atoms with Gasteiger partial charge in [0.1, 0.15) is 11.6 Å². The number of halogens is 1. The number of rotatable bonds is 6. The van der Waals surface area contributed by atoms with E-state index in [9.17, 15) is 4.39 Å². The number of fused-ring (bicyclic) bond motifs is 1. The molecular weight excluding hydrogens is 365 g/mol. The van der Waals surface area contributed by atoms with Gasteiger partial charge in [-0.05, 0) is 95.4 Å². The van der Waals surface area contributed by atoms with Crippen molar-refractivity contribution in [2.24, 2.45) is 17.6 Å². The van der Waals surface area contributed by atoms with Crippen LogP contribution in [0.1, 0.15) is 30.5 Å². The van der Waals surface area contributed by atoms with Gasteiger partial charge in [0.15, 0.2) is 0 Å². The summed E-state index contributed by atoms with van der Waals surface area (Å²) in [7, 11) is 2.20. The summed E-state index contributed by atoms with van der Waals surface area (Å²) in [6, 6.07) is 7.30. The van der Waals surface area contributed by atoms with E-state index in [1.807, 2.05) is 12.3 Å². The molecule has 0 bridgehead atoms. The van der Waals surface area contributed by atoms with Crippen LogP contribution in [-0.4, -0.2) is 46.5 Å². The highest BCUT2D eigenvalue weighted by Gasteiger charge is 2.21. The molecule has 3 heterocycles. The summed E-state index contributed by atoms with van der Waals surface area (Å²) in [5, 5.41) is 0. The average molecular weight is 396 g/mol. The van der Waals surface area contributed by atoms with Crippen molar-refractivity contribution in [1.29, 1.82) is 0 Å². The number of likely N-dealkylation sites (tertiary alicyclic amines) is 1. The number of nitrogens with two attached hydrogens (primary N) is 1. The number of nitrogens with one attached hydrogen (secondary N) is 1. The molecule has 2 aromatic heterocycles. The van der Waals surface area contributed by atoms with Gasteiger partial charge in [-0.25, -0.2) is 9.37 Å². The fourth-order valence-corrected chi connectivity index (χ4v) is 4.34. The molecule has 1 saturated heterocycles. The Hall–Kier alpha value is -2.31. The molecule has 1 aliphatic heterocycles. The Morgan fingerprint density at radius 1 is 1.24 bits per heavy atom. The zero-order chi connectivity index (χ0) is 20.4. The average Bonchev–Trinajstić information content (AvgIpc) is 3.17. The zero-order valence-electron chi connectivity index (χ0n) is 17.3. The van der Waals surface area contributed by atoms with Crippen LogP contribution in [0.3, 0.4) is 0 Å². The Labute approximate surface area is 171 Å². The van der Waals surface area contributed by atoms with Gasteiger partial charge in [-0.1, -0.05) is 0 Å². The third-order valence-electron chi connectivity index (χ3n) is 6.28. The van der Waals surface area contributed by atoms with E-state index in [-0.39, 0.29) is 5.82 Å². The van der Waals surface area contributed by atoms with Crippen LogP contribution in [0.5, 0.6) is 0 Å². The van der Waals surface area contributed by atoms with Crippen LogP contribution < -0.4 is 5.73 Å². The maximum absolute atomic E-state index is 13.8. The highest BCUT2D eigenvalue weighted by molar-refractivity contribution is 5.82. The number of imidazole rings is 1. The number of aromatic amines is 1. The molecule has 1 fully saturated rings. The molecule has 0 aliphatic carbocycles. The summed E-state index contributed by atoms with van der Waals surface area (Å²) in [5.41, 5.74) is 10.1. The first-order chi connectivity index (χ1) is 14.0. The predicted octanol–water partition coefficient (Wildman–Crippen LogP) is 3.92. The first-order valence-corrected chi connectivity index (χ1v) is 10.5. The number of hydrogen-bond acceptors (Lipinski definition) is 4. The fourth-order valence-electron chi connectivity index (χ4n) is 4.34. The minimum Gasteiger partial charge on any atom is -0.338 e. The molecule has 1 aromatic carbocycles. The van der Waals surface area contributed by atoms with E-state index >= 15 is 0 Å². The van der Waals surface area contributed by atoms with Gasteiger partial charge in [-0.2, -0.15) is 0 Å². The number of piperidine rings is 1. The van der Waals surface area contributed by atoms with Crippen LogP contribution in [0.25, 0.3) is 22.4 Å². The second kappa shape index (κ2) is 8.59. The van der Waals surface area contributed by atoms with Crippen LogP contribution in [0.2, 0.25) is 0 Å². The number of aryl methyl sites for hydroxylation is 1. The molecule has 0 radical (unpaired) electrons. The monoisotopic (exact) mass is 395 g/mol. The number of pyridine rings is 1. The Bertz CT molecular complexity index is 957. The molecule has 4 rings (SSSR count). The lowest BCUT2D eigenvalue weighted by Gasteiger charge is -2.31. The van der Waals surface area contributed by atoms with Crippen molar-refractivity contribution in [2.45, 2.75) is 32.6 Å². The summed E-state index contributed by atoms with van der Waals surface area (Å²) < 4.78 is 13.8. The van der Waals surface area contributed by atoms with Gasteiger partial charge in [0.25, 0.3) is 0 Å². The second-order valence-electron chi connectivity index (χ2n) is 8.48. The van der Waals surface area contributed by atoms with Crippen LogP contribution >= 0.6 is 0 Å². The van der Waals surface area contributed by atoms with Crippen LogP contribution in [-0.2, 0) is 6.42 Å². The van der Waals surface area contributed by atoms with Gasteiger partial charge in [0.05, 0.1) is 11.0 Å². The summed E-state index contributed by atoms with van der Waals surface area (Å²) in [6.45, 7) is 4.83. The topological polar surface area (TPSA) is 70.8 Å². The summed E-state index contributed by atoms with van der Waals surface area (Å²) in [5.74, 6) is 1.73. The normalized spacial score (nSPS) is 17.1. The molecule has 0 saturated carbocycles. The zero-order valence-corrected chi connectivity index (χ0v) is 17.3. The number of H-pyrrole nitrogens is 1. The van der Waals surface area contributed by atoms with Crippen molar-refractivity contribution in [1.82, 2.24) is 19.9 Å². The van der Waals surface area contributed by atoms with Crippen molar-refractivity contribution >= 4 is 11.0 Å². The molecule has 1 atom stereocenters. The predicted molar refractivity (Wildman–Crippen MR) is 115 cm³/mol. The SMILES string of the molecule is Cc1c(F)ccc2[nH]c(-c3ccc(CC(CN)CC4CCN(C)CC4)nc3)nc12. The molecule has 0 amide bonds. The molecule has 29 heavy (non-hydrogen) atoms. The summed E-state index contributed by atoms with van der Waals surface area (Å²) in [6.07, 6.45) is 6.48. The smallest absolute Gasteiger partial charge is 0.140 e. The van der Waals surface area contributed by atoms with E-state index in [0.29, 0.717) is 23.5 Å². The van der Waals surface area contributed by atoms with E-state index in [1.165, 1.54) is 38.4 Å². The second-order valence-corrected chi connectivity index (χ2v) is 8.48. The van der Waals surface area contributed by atoms with E-state index in [0.717, 1.165) is 34.9 Å². The largest absolute Gasteiger partial charge is 0.338 e. The van der Waals surface area contributed by atoms with Crippen molar-refractivity contribution in [3.8, 4) is 11.4 Å². The lowest BCUT2D eigenvalue weighted by molar-refractivity contribution is 0.195. The quantitative estimate of drug-likeness (QED) is 0.664. The molecule has 3 N–H and O–H groups in total. The summed E-state index contributed by atoms with van der Waals surface area (Å²) in [4.78, 5) is 14.9. The third kappa shape index (κ3) is 4.49. The van der Waals surface area contributed by atoms with E-state index in [4.69, 9.17) is 5.73 Å². The van der Waals surface area contributed by atoms with Gasteiger partial charge in [-0.15, -0.1) is 0 Å². The van der Waals surface area contributed by atoms with Crippen LogP contribution in [0, 0.1) is 24.6 Å². The first kappa shape index (κ1) is 20.0. The van der Waals surface area contributed by atoms with Crippen LogP contribution in [0.15, 0.2) is 30.5 Å². The highest BCUT2D eigenvalue weighted by atomic mass is 19.1. The van der Waals surface area contributed by atoms with Crippen molar-refractivity contribution in [3.05, 3.63) is 47.5 Å². The molecule has 6 heteroatoms.